The van der Waals surface area contributed by atoms with Crippen molar-refractivity contribution in [3.63, 3.8) is 0 Å². The van der Waals surface area contributed by atoms with Gasteiger partial charge < -0.3 is 16.4 Å². The summed E-state index contributed by atoms with van der Waals surface area (Å²) >= 11 is 0. The molecule has 12 heavy (non-hydrogen) atoms. The summed E-state index contributed by atoms with van der Waals surface area (Å²) in [6, 6.07) is 0.629. The van der Waals surface area contributed by atoms with Crippen LogP contribution in [0.2, 0.25) is 0 Å². The first-order chi connectivity index (χ1) is 5.74. The molecule has 0 bridgehead atoms. The van der Waals surface area contributed by atoms with E-state index in [0.717, 1.165) is 13.0 Å². The van der Waals surface area contributed by atoms with E-state index >= 15 is 0 Å². The van der Waals surface area contributed by atoms with Gasteiger partial charge in [-0.3, -0.25) is 4.79 Å². The van der Waals surface area contributed by atoms with E-state index in [0.29, 0.717) is 19.0 Å². The number of hydrogen-bond acceptors (Lipinski definition) is 3. The highest BCUT2D eigenvalue weighted by Gasteiger charge is 2.23. The molecule has 1 amide bonds. The van der Waals surface area contributed by atoms with Crippen LogP contribution in [-0.2, 0) is 4.79 Å². The zero-order chi connectivity index (χ0) is 8.97. The van der Waals surface area contributed by atoms with E-state index in [1.807, 2.05) is 6.92 Å². The predicted molar refractivity (Wildman–Crippen MR) is 47.7 cm³/mol. The summed E-state index contributed by atoms with van der Waals surface area (Å²) < 4.78 is 0. The molecular weight excluding hydrogens is 154 g/mol. The van der Waals surface area contributed by atoms with E-state index in [1.165, 1.54) is 0 Å². The molecule has 1 fully saturated rings. The molecule has 0 aromatic rings. The van der Waals surface area contributed by atoms with Gasteiger partial charge in [0, 0.05) is 31.6 Å². The van der Waals surface area contributed by atoms with Gasteiger partial charge in [-0.05, 0) is 13.3 Å². The van der Waals surface area contributed by atoms with Crippen molar-refractivity contribution in [1.29, 1.82) is 0 Å². The molecule has 1 heterocycles. The minimum atomic E-state index is 0.160. The van der Waals surface area contributed by atoms with Crippen molar-refractivity contribution in [2.24, 2.45) is 5.73 Å². The van der Waals surface area contributed by atoms with Crippen molar-refractivity contribution < 1.29 is 4.79 Å². The normalized spacial score (nSPS) is 30.0. The van der Waals surface area contributed by atoms with E-state index in [4.69, 9.17) is 5.73 Å². The van der Waals surface area contributed by atoms with Crippen molar-refractivity contribution in [3.8, 4) is 0 Å². The number of piperidine rings is 1. The number of rotatable bonds is 3. The van der Waals surface area contributed by atoms with Gasteiger partial charge in [0.25, 0.3) is 0 Å². The van der Waals surface area contributed by atoms with Crippen LogP contribution in [0.5, 0.6) is 0 Å². The average molecular weight is 171 g/mol. The third-order valence-corrected chi connectivity index (χ3v) is 2.23. The van der Waals surface area contributed by atoms with Crippen LogP contribution < -0.4 is 16.4 Å². The predicted octanol–water partition coefficient (Wildman–Crippen LogP) is -0.798. The molecule has 70 valence electrons. The Morgan fingerprint density at radius 3 is 3.08 bits per heavy atom. The van der Waals surface area contributed by atoms with Crippen molar-refractivity contribution in [2.75, 3.05) is 13.1 Å². The lowest BCUT2D eigenvalue weighted by atomic mass is 9.99. The second kappa shape index (κ2) is 4.42. The van der Waals surface area contributed by atoms with Gasteiger partial charge in [-0.2, -0.15) is 0 Å². The van der Waals surface area contributed by atoms with Crippen LogP contribution >= 0.6 is 0 Å². The Balaban J connectivity index is 2.29. The summed E-state index contributed by atoms with van der Waals surface area (Å²) in [5.41, 5.74) is 5.37. The van der Waals surface area contributed by atoms with Crippen molar-refractivity contribution in [2.45, 2.75) is 31.8 Å². The molecule has 0 aromatic heterocycles. The molecule has 4 heteroatoms. The van der Waals surface area contributed by atoms with Crippen molar-refractivity contribution in [1.82, 2.24) is 10.6 Å². The van der Waals surface area contributed by atoms with Crippen LogP contribution in [0.4, 0.5) is 0 Å². The summed E-state index contributed by atoms with van der Waals surface area (Å²) in [5.74, 6) is 0.160. The molecule has 4 nitrogen and oxygen atoms in total. The van der Waals surface area contributed by atoms with Crippen LogP contribution in [0.15, 0.2) is 0 Å². The van der Waals surface area contributed by atoms with E-state index in [1.54, 1.807) is 0 Å². The Kier molecular flexibility index (Phi) is 3.49. The summed E-state index contributed by atoms with van der Waals surface area (Å²) in [6.07, 6.45) is 1.56. The summed E-state index contributed by atoms with van der Waals surface area (Å²) in [4.78, 5) is 10.9. The Hall–Kier alpha value is -0.610. The van der Waals surface area contributed by atoms with Gasteiger partial charge in [0.05, 0.1) is 0 Å². The van der Waals surface area contributed by atoms with Crippen LogP contribution in [-0.4, -0.2) is 31.1 Å². The number of hydrogen-bond donors (Lipinski definition) is 3. The van der Waals surface area contributed by atoms with E-state index in [-0.39, 0.29) is 11.9 Å². The molecule has 0 spiro atoms. The average Bonchev–Trinajstić information content (AvgIpc) is 2.03. The highest BCUT2D eigenvalue weighted by molar-refractivity contribution is 5.77. The monoisotopic (exact) mass is 171 g/mol. The zero-order valence-electron chi connectivity index (χ0n) is 7.47. The second-order valence-corrected chi connectivity index (χ2v) is 3.24. The Morgan fingerprint density at radius 1 is 1.75 bits per heavy atom. The van der Waals surface area contributed by atoms with Gasteiger partial charge >= 0.3 is 0 Å². The lowest BCUT2D eigenvalue weighted by Crippen LogP contribution is -2.53. The highest BCUT2D eigenvalue weighted by atomic mass is 16.1. The van der Waals surface area contributed by atoms with Gasteiger partial charge in [-0.25, -0.2) is 0 Å². The molecule has 2 atom stereocenters. The van der Waals surface area contributed by atoms with Crippen LogP contribution in [0, 0.1) is 0 Å². The topological polar surface area (TPSA) is 67.2 Å². The quantitative estimate of drug-likeness (QED) is 0.521. The number of carbonyl (C=O) groups excluding carboxylic acids is 1. The largest absolute Gasteiger partial charge is 0.352 e. The summed E-state index contributed by atoms with van der Waals surface area (Å²) in [5, 5.41) is 6.20. The van der Waals surface area contributed by atoms with E-state index in [2.05, 4.69) is 10.6 Å². The smallest absolute Gasteiger partial charge is 0.220 e. The van der Waals surface area contributed by atoms with Crippen molar-refractivity contribution >= 4 is 5.91 Å². The molecule has 1 aliphatic rings. The Labute approximate surface area is 72.9 Å². The second-order valence-electron chi connectivity index (χ2n) is 3.24. The standard InChI is InChI=1S/C8H17N3O/c1-6-7(10-5-4-9)2-3-8(12)11-6/h6-7,10H,2-5,9H2,1H3,(H,11,12). The molecule has 1 aliphatic heterocycles. The maximum atomic E-state index is 10.9. The fraction of sp³-hybridized carbons (Fsp3) is 0.875. The first kappa shape index (κ1) is 9.48. The lowest BCUT2D eigenvalue weighted by Gasteiger charge is -2.30. The Morgan fingerprint density at radius 2 is 2.50 bits per heavy atom. The highest BCUT2D eigenvalue weighted by Crippen LogP contribution is 2.08. The molecule has 0 radical (unpaired) electrons. The van der Waals surface area contributed by atoms with E-state index < -0.39 is 0 Å². The van der Waals surface area contributed by atoms with Crippen LogP contribution in [0.25, 0.3) is 0 Å². The van der Waals surface area contributed by atoms with Crippen LogP contribution in [0.1, 0.15) is 19.8 Å². The number of nitrogens with one attached hydrogen (secondary N) is 2. The minimum Gasteiger partial charge on any atom is -0.352 e. The molecule has 0 aromatic carbocycles. The molecule has 0 saturated carbocycles. The van der Waals surface area contributed by atoms with Gasteiger partial charge in [-0.1, -0.05) is 0 Å². The first-order valence-corrected chi connectivity index (χ1v) is 4.47. The fourth-order valence-electron chi connectivity index (χ4n) is 1.51. The Bertz CT molecular complexity index is 160. The first-order valence-electron chi connectivity index (χ1n) is 4.47. The van der Waals surface area contributed by atoms with Crippen molar-refractivity contribution in [3.05, 3.63) is 0 Å². The van der Waals surface area contributed by atoms with Gasteiger partial charge in [0.2, 0.25) is 5.91 Å². The maximum absolute atomic E-state index is 10.9. The molecular formula is C8H17N3O. The van der Waals surface area contributed by atoms with Gasteiger partial charge in [-0.15, -0.1) is 0 Å². The SMILES string of the molecule is CC1NC(=O)CCC1NCCN. The zero-order valence-corrected chi connectivity index (χ0v) is 7.47. The third kappa shape index (κ3) is 2.46. The molecule has 2 unspecified atom stereocenters. The number of amides is 1. The van der Waals surface area contributed by atoms with E-state index in [9.17, 15) is 4.79 Å². The number of carbonyl (C=O) groups is 1. The molecule has 0 aliphatic carbocycles. The molecule has 1 rings (SSSR count). The number of nitrogens with two attached hydrogens (primary N) is 1. The third-order valence-electron chi connectivity index (χ3n) is 2.23. The molecule has 1 saturated heterocycles. The maximum Gasteiger partial charge on any atom is 0.220 e. The summed E-state index contributed by atoms with van der Waals surface area (Å²) in [7, 11) is 0. The molecule has 4 N–H and O–H groups in total. The minimum absolute atomic E-state index is 0.160. The van der Waals surface area contributed by atoms with Crippen LogP contribution in [0.3, 0.4) is 0 Å². The van der Waals surface area contributed by atoms with Gasteiger partial charge in [0.1, 0.15) is 0 Å². The fourth-order valence-corrected chi connectivity index (χ4v) is 1.51. The lowest BCUT2D eigenvalue weighted by molar-refractivity contribution is -0.123. The van der Waals surface area contributed by atoms with Gasteiger partial charge in [0.15, 0.2) is 0 Å². The summed E-state index contributed by atoms with van der Waals surface area (Å²) in [6.45, 7) is 3.49.